The molecule has 1 N–H and O–H groups in total. The molecule has 0 saturated carbocycles. The molecule has 3 heterocycles. The molecule has 2 fully saturated rings. The van der Waals surface area contributed by atoms with Gasteiger partial charge in [-0.3, -0.25) is 9.69 Å². The number of aromatic nitrogens is 2. The molecule has 2 aliphatic rings. The molecule has 1 aromatic heterocycles. The molecule has 0 spiro atoms. The van der Waals surface area contributed by atoms with E-state index in [0.29, 0.717) is 30.4 Å². The van der Waals surface area contributed by atoms with Crippen molar-refractivity contribution in [3.05, 3.63) is 29.8 Å². The topological polar surface area (TPSA) is 95.5 Å². The molecule has 2 aromatic rings. The minimum Gasteiger partial charge on any atom is -0.339 e. The van der Waals surface area contributed by atoms with Crippen molar-refractivity contribution < 1.29 is 13.2 Å². The normalized spacial score (nSPS) is 21.6. The monoisotopic (exact) mass is 467 g/mol. The highest BCUT2D eigenvalue weighted by atomic mass is 32.2. The summed E-state index contributed by atoms with van der Waals surface area (Å²) in [7, 11) is -2.88. The quantitative estimate of drug-likeness (QED) is 0.645. The SMILES string of the molecule is Cc1cccc(Nc2nnc(SCC(=O)N3CCN(C4CCS(=O)(=O)C4)CC3)s2)c1. The summed E-state index contributed by atoms with van der Waals surface area (Å²) in [5.74, 6) is 0.960. The molecule has 1 atom stereocenters. The zero-order valence-corrected chi connectivity index (χ0v) is 19.2. The number of nitrogens with one attached hydrogen (secondary N) is 1. The van der Waals surface area contributed by atoms with Crippen LogP contribution in [0.25, 0.3) is 0 Å². The van der Waals surface area contributed by atoms with E-state index >= 15 is 0 Å². The molecular weight excluding hydrogens is 442 g/mol. The zero-order chi connectivity index (χ0) is 21.1. The maximum atomic E-state index is 12.6. The first-order valence-corrected chi connectivity index (χ1v) is 13.5. The Bertz CT molecular complexity index is 1000. The van der Waals surface area contributed by atoms with E-state index in [-0.39, 0.29) is 23.5 Å². The van der Waals surface area contributed by atoms with Crippen LogP contribution in [0.4, 0.5) is 10.8 Å². The smallest absolute Gasteiger partial charge is 0.233 e. The Kier molecular flexibility index (Phi) is 6.61. The number of hydrogen-bond donors (Lipinski definition) is 1. The van der Waals surface area contributed by atoms with Gasteiger partial charge in [0.25, 0.3) is 0 Å². The molecule has 4 rings (SSSR count). The van der Waals surface area contributed by atoms with E-state index in [1.54, 1.807) is 0 Å². The van der Waals surface area contributed by atoms with E-state index in [2.05, 4.69) is 20.4 Å². The summed E-state index contributed by atoms with van der Waals surface area (Å²) in [5, 5.41) is 12.3. The molecule has 2 saturated heterocycles. The Morgan fingerprint density at radius 1 is 1.27 bits per heavy atom. The van der Waals surface area contributed by atoms with Crippen molar-refractivity contribution in [1.29, 1.82) is 0 Å². The molecule has 0 bridgehead atoms. The van der Waals surface area contributed by atoms with E-state index in [0.717, 1.165) is 23.1 Å². The number of carbonyl (C=O) groups excluding carboxylic acids is 1. The van der Waals surface area contributed by atoms with Gasteiger partial charge in [0, 0.05) is 37.9 Å². The molecule has 1 aromatic carbocycles. The third kappa shape index (κ3) is 5.51. The molecular formula is C19H25N5O3S3. The van der Waals surface area contributed by atoms with E-state index < -0.39 is 9.84 Å². The van der Waals surface area contributed by atoms with Crippen molar-refractivity contribution in [2.24, 2.45) is 0 Å². The largest absolute Gasteiger partial charge is 0.339 e. The highest BCUT2D eigenvalue weighted by molar-refractivity contribution is 8.01. The Hall–Kier alpha value is -1.69. The van der Waals surface area contributed by atoms with Gasteiger partial charge in [-0.15, -0.1) is 10.2 Å². The Morgan fingerprint density at radius 3 is 2.77 bits per heavy atom. The van der Waals surface area contributed by atoms with Gasteiger partial charge in [-0.05, 0) is 31.0 Å². The summed E-state index contributed by atoms with van der Waals surface area (Å²) in [5.41, 5.74) is 2.13. The summed E-state index contributed by atoms with van der Waals surface area (Å²) in [6, 6.07) is 8.15. The fraction of sp³-hybridized carbons (Fsp3) is 0.526. The molecule has 1 unspecified atom stereocenters. The number of carbonyl (C=O) groups is 1. The van der Waals surface area contributed by atoms with E-state index in [9.17, 15) is 13.2 Å². The second-order valence-electron chi connectivity index (χ2n) is 7.63. The molecule has 0 radical (unpaired) electrons. The maximum Gasteiger partial charge on any atom is 0.233 e. The lowest BCUT2D eigenvalue weighted by molar-refractivity contribution is -0.130. The van der Waals surface area contributed by atoms with Crippen LogP contribution in [-0.2, 0) is 14.6 Å². The number of anilines is 2. The van der Waals surface area contributed by atoms with Gasteiger partial charge in [0.2, 0.25) is 11.0 Å². The number of benzene rings is 1. The lowest BCUT2D eigenvalue weighted by Gasteiger charge is -2.37. The van der Waals surface area contributed by atoms with Crippen molar-refractivity contribution in [3.8, 4) is 0 Å². The van der Waals surface area contributed by atoms with Gasteiger partial charge in [-0.1, -0.05) is 35.2 Å². The van der Waals surface area contributed by atoms with Crippen molar-refractivity contribution >= 4 is 49.7 Å². The number of thioether (sulfide) groups is 1. The van der Waals surface area contributed by atoms with Crippen LogP contribution < -0.4 is 5.32 Å². The Labute approximate surface area is 185 Å². The number of piperazine rings is 1. The first-order chi connectivity index (χ1) is 14.4. The van der Waals surface area contributed by atoms with Crippen LogP contribution in [0.15, 0.2) is 28.6 Å². The zero-order valence-electron chi connectivity index (χ0n) is 16.8. The number of rotatable bonds is 6. The van der Waals surface area contributed by atoms with Crippen molar-refractivity contribution in [2.75, 3.05) is 48.8 Å². The van der Waals surface area contributed by atoms with Gasteiger partial charge in [0.15, 0.2) is 14.2 Å². The number of amides is 1. The van der Waals surface area contributed by atoms with Crippen LogP contribution in [0.1, 0.15) is 12.0 Å². The number of nitrogens with zero attached hydrogens (tertiary/aromatic N) is 4. The van der Waals surface area contributed by atoms with Crippen LogP contribution in [0.2, 0.25) is 0 Å². The molecule has 11 heteroatoms. The molecule has 30 heavy (non-hydrogen) atoms. The van der Waals surface area contributed by atoms with Crippen LogP contribution in [0.3, 0.4) is 0 Å². The fourth-order valence-corrected chi connectivity index (χ4v) is 7.22. The summed E-state index contributed by atoms with van der Waals surface area (Å²) in [6.45, 7) is 4.80. The summed E-state index contributed by atoms with van der Waals surface area (Å²) in [4.78, 5) is 16.6. The molecule has 1 amide bonds. The average Bonchev–Trinajstić information content (AvgIpc) is 3.32. The third-order valence-corrected chi connectivity index (χ3v) is 9.09. The van der Waals surface area contributed by atoms with E-state index in [4.69, 9.17) is 0 Å². The lowest BCUT2D eigenvalue weighted by atomic mass is 10.2. The van der Waals surface area contributed by atoms with Crippen molar-refractivity contribution in [3.63, 3.8) is 0 Å². The predicted octanol–water partition coefficient (Wildman–Crippen LogP) is 2.01. The van der Waals surface area contributed by atoms with Gasteiger partial charge in [-0.25, -0.2) is 8.42 Å². The summed E-state index contributed by atoms with van der Waals surface area (Å²) < 4.78 is 24.1. The van der Waals surface area contributed by atoms with Gasteiger partial charge in [0.1, 0.15) is 0 Å². The predicted molar refractivity (Wildman–Crippen MR) is 120 cm³/mol. The van der Waals surface area contributed by atoms with Crippen molar-refractivity contribution in [1.82, 2.24) is 20.0 Å². The highest BCUT2D eigenvalue weighted by Gasteiger charge is 2.34. The first kappa shape index (κ1) is 21.5. The fourth-order valence-electron chi connectivity index (χ4n) is 3.78. The Balaban J connectivity index is 1.22. The Morgan fingerprint density at radius 2 is 2.07 bits per heavy atom. The lowest BCUT2D eigenvalue weighted by Crippen LogP contribution is -2.52. The molecule has 2 aliphatic heterocycles. The van der Waals surface area contributed by atoms with E-state index in [1.807, 2.05) is 36.1 Å². The summed E-state index contributed by atoms with van der Waals surface area (Å²) >= 11 is 2.84. The molecule has 8 nitrogen and oxygen atoms in total. The third-order valence-electron chi connectivity index (χ3n) is 5.39. The summed E-state index contributed by atoms with van der Waals surface area (Å²) in [6.07, 6.45) is 0.710. The molecule has 162 valence electrons. The number of aryl methyl sites for hydroxylation is 1. The first-order valence-electron chi connectivity index (χ1n) is 9.90. The van der Waals surface area contributed by atoms with Crippen LogP contribution >= 0.6 is 23.1 Å². The second kappa shape index (κ2) is 9.21. The number of hydrogen-bond acceptors (Lipinski definition) is 9. The van der Waals surface area contributed by atoms with Gasteiger partial charge in [0.05, 0.1) is 17.3 Å². The minimum absolute atomic E-state index is 0.0853. The minimum atomic E-state index is -2.88. The average molecular weight is 468 g/mol. The van der Waals surface area contributed by atoms with Crippen molar-refractivity contribution in [2.45, 2.75) is 23.7 Å². The van der Waals surface area contributed by atoms with E-state index in [1.165, 1.54) is 28.7 Å². The van der Waals surface area contributed by atoms with Crippen LogP contribution in [0.5, 0.6) is 0 Å². The van der Waals surface area contributed by atoms with Crippen LogP contribution in [0, 0.1) is 6.92 Å². The standard InChI is InChI=1S/C19H25N5O3S3/c1-14-3-2-4-15(11-14)20-18-21-22-19(29-18)28-12-17(25)24-8-6-23(7-9-24)16-5-10-30(26,27)13-16/h2-4,11,16H,5-10,12-13H2,1H3,(H,20,21). The highest BCUT2D eigenvalue weighted by Crippen LogP contribution is 2.28. The van der Waals surface area contributed by atoms with Gasteiger partial charge in [-0.2, -0.15) is 0 Å². The number of sulfone groups is 1. The van der Waals surface area contributed by atoms with Gasteiger partial charge < -0.3 is 10.2 Å². The molecule has 0 aliphatic carbocycles. The second-order valence-corrected chi connectivity index (χ2v) is 12.1. The van der Waals surface area contributed by atoms with Gasteiger partial charge >= 0.3 is 0 Å². The maximum absolute atomic E-state index is 12.6. The van der Waals surface area contributed by atoms with Crippen LogP contribution in [-0.4, -0.2) is 83.8 Å².